The van der Waals surface area contributed by atoms with Crippen molar-refractivity contribution in [2.45, 2.75) is 38.1 Å². The molecule has 3 nitrogen and oxygen atoms in total. The second kappa shape index (κ2) is 9.76. The fourth-order valence-corrected chi connectivity index (χ4v) is 3.96. The number of hydrogen-bond donors (Lipinski definition) is 2. The van der Waals surface area contributed by atoms with Gasteiger partial charge in [-0.15, -0.1) is 24.8 Å². The molecule has 2 fully saturated rings. The van der Waals surface area contributed by atoms with Gasteiger partial charge in [0.25, 0.3) is 0 Å². The van der Waals surface area contributed by atoms with Crippen LogP contribution in [0.2, 0.25) is 0 Å². The average molecular weight is 383 g/mol. The fourth-order valence-electron chi connectivity index (χ4n) is 3.96. The molecule has 2 aliphatic rings. The van der Waals surface area contributed by atoms with Crippen molar-refractivity contribution in [1.82, 2.24) is 10.2 Å². The number of benzene rings is 1. The van der Waals surface area contributed by atoms with Crippen LogP contribution in [0.4, 0.5) is 8.78 Å². The lowest BCUT2D eigenvalue weighted by molar-refractivity contribution is 0.0979. The number of hydrogen-bond acceptors (Lipinski definition) is 3. The zero-order chi connectivity index (χ0) is 15.5. The molecule has 0 unspecified atom stereocenters. The third kappa shape index (κ3) is 4.51. The van der Waals surface area contributed by atoms with Crippen LogP contribution in [0.15, 0.2) is 12.1 Å². The van der Waals surface area contributed by atoms with Gasteiger partial charge < -0.3 is 10.4 Å². The van der Waals surface area contributed by atoms with Gasteiger partial charge in [0.1, 0.15) is 5.82 Å². The third-order valence-electron chi connectivity index (χ3n) is 5.05. The van der Waals surface area contributed by atoms with Gasteiger partial charge in [-0.25, -0.2) is 8.78 Å². The summed E-state index contributed by atoms with van der Waals surface area (Å²) < 4.78 is 28.2. The Morgan fingerprint density at radius 1 is 1.00 bits per heavy atom. The van der Waals surface area contributed by atoms with Crippen LogP contribution in [0.1, 0.15) is 43.7 Å². The molecule has 1 saturated heterocycles. The highest BCUT2D eigenvalue weighted by Gasteiger charge is 2.35. The molecule has 7 heteroatoms. The van der Waals surface area contributed by atoms with Gasteiger partial charge in [-0.3, -0.25) is 4.90 Å². The minimum absolute atomic E-state index is 0. The highest BCUT2D eigenvalue weighted by Crippen LogP contribution is 2.43. The molecular weight excluding hydrogens is 357 g/mol. The number of rotatable bonds is 3. The lowest BCUT2D eigenvalue weighted by Crippen LogP contribution is -2.47. The summed E-state index contributed by atoms with van der Waals surface area (Å²) in [7, 11) is 0. The molecule has 3 rings (SSSR count). The first kappa shape index (κ1) is 21.4. The topological polar surface area (TPSA) is 35.5 Å². The number of phenolic OH excluding ortho intramolecular Hbond substituents is 1. The number of piperazine rings is 1. The monoisotopic (exact) mass is 382 g/mol. The summed E-state index contributed by atoms with van der Waals surface area (Å²) in [5, 5.41) is 13.4. The van der Waals surface area contributed by atoms with E-state index in [0.717, 1.165) is 64.0 Å². The van der Waals surface area contributed by atoms with Crippen LogP contribution in [0.3, 0.4) is 0 Å². The van der Waals surface area contributed by atoms with E-state index in [4.69, 9.17) is 0 Å². The molecule has 0 bridgehead atoms. The van der Waals surface area contributed by atoms with Gasteiger partial charge in [-0.1, -0.05) is 19.3 Å². The molecule has 0 radical (unpaired) electrons. The Morgan fingerprint density at radius 3 is 2.21 bits per heavy atom. The van der Waals surface area contributed by atoms with E-state index in [1.165, 1.54) is 6.42 Å². The summed E-state index contributed by atoms with van der Waals surface area (Å²) in [6, 6.07) is 1.92. The van der Waals surface area contributed by atoms with Crippen molar-refractivity contribution in [1.29, 1.82) is 0 Å². The Morgan fingerprint density at radius 2 is 1.58 bits per heavy atom. The highest BCUT2D eigenvalue weighted by atomic mass is 35.5. The molecule has 1 aromatic rings. The van der Waals surface area contributed by atoms with E-state index in [0.29, 0.717) is 0 Å². The highest BCUT2D eigenvalue weighted by molar-refractivity contribution is 5.85. The number of halogens is 4. The molecule has 0 amide bonds. The quantitative estimate of drug-likeness (QED) is 0.827. The van der Waals surface area contributed by atoms with Gasteiger partial charge in [0.2, 0.25) is 0 Å². The summed E-state index contributed by atoms with van der Waals surface area (Å²) in [6.07, 6.45) is 5.51. The molecular formula is C17H26Cl2F2N2O. The van der Waals surface area contributed by atoms with Gasteiger partial charge in [-0.2, -0.15) is 0 Å². The predicted molar refractivity (Wildman–Crippen MR) is 96.3 cm³/mol. The maximum absolute atomic E-state index is 14.4. The van der Waals surface area contributed by atoms with Gasteiger partial charge >= 0.3 is 0 Å². The number of aromatic hydroxyl groups is 1. The van der Waals surface area contributed by atoms with Gasteiger partial charge in [0.05, 0.1) is 5.56 Å². The first-order valence-corrected chi connectivity index (χ1v) is 8.30. The molecule has 1 aliphatic heterocycles. The summed E-state index contributed by atoms with van der Waals surface area (Å²) in [6.45, 7) is 3.30. The first-order valence-electron chi connectivity index (χ1n) is 8.30. The number of phenols is 1. The molecule has 138 valence electrons. The van der Waals surface area contributed by atoms with Crippen molar-refractivity contribution in [3.63, 3.8) is 0 Å². The second-order valence-corrected chi connectivity index (χ2v) is 6.42. The van der Waals surface area contributed by atoms with E-state index in [9.17, 15) is 13.9 Å². The molecule has 24 heavy (non-hydrogen) atoms. The smallest absolute Gasteiger partial charge is 0.165 e. The molecule has 1 heterocycles. The minimum Gasteiger partial charge on any atom is -0.505 e. The molecule has 0 spiro atoms. The lowest BCUT2D eigenvalue weighted by atomic mass is 9.79. The normalized spacial score (nSPS) is 20.8. The maximum Gasteiger partial charge on any atom is 0.165 e. The molecule has 1 aromatic carbocycles. The molecule has 1 atom stereocenters. The van der Waals surface area contributed by atoms with Crippen LogP contribution in [0, 0.1) is 17.6 Å². The summed E-state index contributed by atoms with van der Waals surface area (Å²) in [5.74, 6) is -1.44. The molecule has 2 N–H and O–H groups in total. The van der Waals surface area contributed by atoms with E-state index in [1.807, 2.05) is 0 Å². The van der Waals surface area contributed by atoms with E-state index >= 15 is 0 Å². The maximum atomic E-state index is 14.4. The zero-order valence-corrected chi connectivity index (χ0v) is 15.3. The van der Waals surface area contributed by atoms with Crippen molar-refractivity contribution in [2.75, 3.05) is 26.2 Å². The summed E-state index contributed by atoms with van der Waals surface area (Å²) in [4.78, 5) is 2.21. The number of nitrogens with zero attached hydrogens (tertiary/aromatic N) is 1. The van der Waals surface area contributed by atoms with Crippen molar-refractivity contribution < 1.29 is 13.9 Å². The lowest BCUT2D eigenvalue weighted by Gasteiger charge is -2.41. The molecule has 0 aromatic heterocycles. The van der Waals surface area contributed by atoms with Crippen molar-refractivity contribution in [2.24, 2.45) is 5.92 Å². The van der Waals surface area contributed by atoms with Crippen LogP contribution in [-0.2, 0) is 0 Å². The van der Waals surface area contributed by atoms with Crippen LogP contribution in [0.5, 0.6) is 5.75 Å². The van der Waals surface area contributed by atoms with Gasteiger partial charge in [-0.05, 0) is 30.9 Å². The van der Waals surface area contributed by atoms with Crippen molar-refractivity contribution in [3.05, 3.63) is 29.3 Å². The van der Waals surface area contributed by atoms with Crippen LogP contribution in [-0.4, -0.2) is 36.2 Å². The SMILES string of the molecule is Cl.Cl.Oc1c(F)ccc(F)c1[C@H](C1CCCCC1)N1CCNCC1. The van der Waals surface area contributed by atoms with Gasteiger partial charge in [0.15, 0.2) is 11.6 Å². The summed E-state index contributed by atoms with van der Waals surface area (Å²) in [5.41, 5.74) is 0.161. The van der Waals surface area contributed by atoms with E-state index in [-0.39, 0.29) is 42.3 Å². The Labute approximate surface area is 154 Å². The fraction of sp³-hybridized carbons (Fsp3) is 0.647. The van der Waals surface area contributed by atoms with Gasteiger partial charge in [0, 0.05) is 32.2 Å². The number of nitrogens with one attached hydrogen (secondary N) is 1. The van der Waals surface area contributed by atoms with Crippen LogP contribution >= 0.6 is 24.8 Å². The van der Waals surface area contributed by atoms with Crippen molar-refractivity contribution in [3.8, 4) is 5.75 Å². The van der Waals surface area contributed by atoms with Crippen molar-refractivity contribution >= 4 is 24.8 Å². The first-order chi connectivity index (χ1) is 10.7. The predicted octanol–water partition coefficient (Wildman–Crippen LogP) is 4.04. The Hall–Kier alpha value is -0.620. The Balaban J connectivity index is 0.00000144. The summed E-state index contributed by atoms with van der Waals surface area (Å²) >= 11 is 0. The Bertz CT molecular complexity index is 504. The van der Waals surface area contributed by atoms with Crippen LogP contribution < -0.4 is 5.32 Å². The molecule has 1 saturated carbocycles. The zero-order valence-electron chi connectivity index (χ0n) is 13.6. The third-order valence-corrected chi connectivity index (χ3v) is 5.05. The minimum atomic E-state index is -0.729. The van der Waals surface area contributed by atoms with Crippen LogP contribution in [0.25, 0.3) is 0 Å². The largest absolute Gasteiger partial charge is 0.505 e. The van der Waals surface area contributed by atoms with E-state index < -0.39 is 17.4 Å². The second-order valence-electron chi connectivity index (χ2n) is 6.42. The van der Waals surface area contributed by atoms with E-state index in [2.05, 4.69) is 10.2 Å². The van der Waals surface area contributed by atoms with E-state index in [1.54, 1.807) is 0 Å². The molecule has 1 aliphatic carbocycles. The average Bonchev–Trinajstić information content (AvgIpc) is 2.57. The standard InChI is InChI=1S/C17H24F2N2O.2ClH/c18-13-6-7-14(19)17(22)15(13)16(12-4-2-1-3-5-12)21-10-8-20-9-11-21;;/h6-7,12,16,20,22H,1-5,8-11H2;2*1H/t16-;;/m0../s1. The Kier molecular flexibility index (Phi) is 8.71.